The third-order valence-corrected chi connectivity index (χ3v) is 13.9. The van der Waals surface area contributed by atoms with E-state index in [1.807, 2.05) is 0 Å². The van der Waals surface area contributed by atoms with E-state index < -0.39 is 219 Å². The molecule has 3 aliphatic rings. The third-order valence-electron chi connectivity index (χ3n) is 13.9. The summed E-state index contributed by atoms with van der Waals surface area (Å²) in [5, 5.41) is 91.2. The molecule has 0 aromatic carbocycles. The highest BCUT2D eigenvalue weighted by molar-refractivity contribution is 5.97. The van der Waals surface area contributed by atoms with Crippen molar-refractivity contribution in [3.8, 4) is 0 Å². The second-order valence-electron chi connectivity index (χ2n) is 21.8. The fraction of sp³-hybridized carbons (Fsp3) is 0.800. The van der Waals surface area contributed by atoms with E-state index in [2.05, 4.69) is 42.5 Å². The molecule has 3 saturated heterocycles. The summed E-state index contributed by atoms with van der Waals surface area (Å²) in [5.41, 5.74) is 6.37. The molecule has 3 heterocycles. The van der Waals surface area contributed by atoms with Crippen LogP contribution in [0.15, 0.2) is 0 Å². The molecule has 17 N–H and O–H groups in total. The van der Waals surface area contributed by atoms with E-state index in [-0.39, 0.29) is 13.0 Å². The molecular formula is C50H86N10O21. The Morgan fingerprint density at radius 1 is 0.605 bits per heavy atom. The van der Waals surface area contributed by atoms with Gasteiger partial charge >= 0.3 is 5.97 Å². The summed E-state index contributed by atoms with van der Waals surface area (Å²) < 4.78 is 23.1. The minimum atomic E-state index is -1.93. The van der Waals surface area contributed by atoms with Crippen molar-refractivity contribution in [2.75, 3.05) is 32.8 Å². The Bertz CT molecular complexity index is 2190. The van der Waals surface area contributed by atoms with Gasteiger partial charge in [0.1, 0.15) is 97.6 Å². The average Bonchev–Trinajstić information content (AvgIpc) is 3.91. The number of nitrogens with zero attached hydrogens (tertiary/aromatic N) is 1. The lowest BCUT2D eigenvalue weighted by Crippen LogP contribution is -2.68. The molecule has 3 rings (SSSR count). The lowest BCUT2D eigenvalue weighted by atomic mass is 9.95. The minimum Gasteiger partial charge on any atom is -0.480 e. The first-order valence-corrected chi connectivity index (χ1v) is 26.9. The van der Waals surface area contributed by atoms with Crippen LogP contribution in [-0.4, -0.2) is 242 Å². The standard InChI is InChI=1S/C50H86N10O21/c1-19(2)32(45(74)53-16-30(65)66)57-47(76)34(21(5)6)58-46(75)33(20(3)4)56-29(64)15-52-42(71)23(9)54-43(72)26-13-12-14-60(26)48(77)35(22(7)8)59-44(73)31(51)24(10)78-49-36(55-25(11)63)41(38(68)28(18-62)79-49)81-50-40(70)39(69)37(67)27(17-61)80-50/h19-24,26-28,31-41,49-50,61-62,67-70H,12-18,51H2,1-11H3,(H,52,71)(H,53,74)(H,54,72)(H,55,63)(H,56,64)(H,57,76)(H,58,75)(H,59,73)(H,65,66)/t23?,24?,26-,27?,28?,31-,32?,33?,34-,35?,36?,37-,38-,39?,40-,41+,49-,50-/m0/s1. The zero-order valence-corrected chi connectivity index (χ0v) is 47.5. The van der Waals surface area contributed by atoms with E-state index in [0.29, 0.717) is 6.42 Å². The van der Waals surface area contributed by atoms with Gasteiger partial charge in [-0.05, 0) is 50.4 Å². The molecule has 0 saturated carbocycles. The Balaban J connectivity index is 1.64. The summed E-state index contributed by atoms with van der Waals surface area (Å²) in [5.74, 6) is -10.2. The summed E-state index contributed by atoms with van der Waals surface area (Å²) in [7, 11) is 0. The average molecular weight is 1160 g/mol. The van der Waals surface area contributed by atoms with Gasteiger partial charge in [-0.25, -0.2) is 0 Å². The predicted molar refractivity (Wildman–Crippen MR) is 280 cm³/mol. The molecule has 31 heteroatoms. The van der Waals surface area contributed by atoms with Gasteiger partial charge in [-0.3, -0.25) is 47.9 Å². The van der Waals surface area contributed by atoms with Crippen molar-refractivity contribution in [1.82, 2.24) is 47.4 Å². The first kappa shape index (κ1) is 69.5. The Hall–Kier alpha value is -5.74. The zero-order chi connectivity index (χ0) is 61.5. The lowest BCUT2D eigenvalue weighted by molar-refractivity contribution is -0.347. The van der Waals surface area contributed by atoms with Crippen LogP contribution >= 0.6 is 0 Å². The summed E-state index contributed by atoms with van der Waals surface area (Å²) in [6.07, 6.45) is -16.1. The molecule has 9 unspecified atom stereocenters. The van der Waals surface area contributed by atoms with Crippen LogP contribution in [0.25, 0.3) is 0 Å². The number of nitrogens with two attached hydrogens (primary N) is 1. The van der Waals surface area contributed by atoms with Crippen LogP contribution < -0.4 is 48.3 Å². The van der Waals surface area contributed by atoms with Gasteiger partial charge in [-0.2, -0.15) is 0 Å². The van der Waals surface area contributed by atoms with Gasteiger partial charge in [-0.1, -0.05) is 55.4 Å². The highest BCUT2D eigenvalue weighted by Gasteiger charge is 2.52. The molecule has 0 radical (unpaired) electrons. The van der Waals surface area contributed by atoms with Crippen molar-refractivity contribution in [1.29, 1.82) is 0 Å². The molecule has 0 spiro atoms. The van der Waals surface area contributed by atoms with Crippen molar-refractivity contribution in [2.45, 2.75) is 199 Å². The van der Waals surface area contributed by atoms with Crippen LogP contribution in [0.4, 0.5) is 0 Å². The van der Waals surface area contributed by atoms with Crippen LogP contribution in [0, 0.1) is 23.7 Å². The normalized spacial score (nSPS) is 27.4. The molecule has 31 nitrogen and oxygen atoms in total. The smallest absolute Gasteiger partial charge is 0.322 e. The molecule has 81 heavy (non-hydrogen) atoms. The van der Waals surface area contributed by atoms with Crippen LogP contribution in [0.5, 0.6) is 0 Å². The molecule has 0 aromatic rings. The monoisotopic (exact) mass is 1160 g/mol. The molecule has 3 fully saturated rings. The van der Waals surface area contributed by atoms with E-state index >= 15 is 0 Å². The summed E-state index contributed by atoms with van der Waals surface area (Å²) >= 11 is 0. The number of hydrogen-bond acceptors (Lipinski definition) is 21. The molecule has 18 atom stereocenters. The van der Waals surface area contributed by atoms with E-state index in [1.54, 1.807) is 55.4 Å². The summed E-state index contributed by atoms with van der Waals surface area (Å²) in [4.78, 5) is 132. The number of ether oxygens (including phenoxy) is 4. The Kier molecular flexibility index (Phi) is 27.1. The first-order valence-electron chi connectivity index (χ1n) is 26.9. The Labute approximate surface area is 469 Å². The number of aliphatic hydroxyl groups excluding tert-OH is 6. The van der Waals surface area contributed by atoms with Gasteiger partial charge in [0.25, 0.3) is 0 Å². The van der Waals surface area contributed by atoms with Crippen molar-refractivity contribution < 1.29 is 103 Å². The number of carboxylic acids is 1. The topological polar surface area (TPSA) is 475 Å². The minimum absolute atomic E-state index is 0.0908. The third kappa shape index (κ3) is 19.2. The van der Waals surface area contributed by atoms with Gasteiger partial charge in [0, 0.05) is 13.5 Å². The lowest BCUT2D eigenvalue weighted by Gasteiger charge is -2.48. The number of carboxylic acid groups (broad SMARTS) is 1. The zero-order valence-electron chi connectivity index (χ0n) is 47.5. The number of nitrogens with one attached hydrogen (secondary N) is 8. The van der Waals surface area contributed by atoms with E-state index in [4.69, 9.17) is 29.8 Å². The predicted octanol–water partition coefficient (Wildman–Crippen LogP) is -7.14. The fourth-order valence-electron chi connectivity index (χ4n) is 9.11. The largest absolute Gasteiger partial charge is 0.480 e. The molecule has 462 valence electrons. The van der Waals surface area contributed by atoms with Crippen molar-refractivity contribution >= 4 is 59.1 Å². The van der Waals surface area contributed by atoms with Crippen LogP contribution in [0.3, 0.4) is 0 Å². The highest BCUT2D eigenvalue weighted by Crippen LogP contribution is 2.31. The van der Waals surface area contributed by atoms with Gasteiger partial charge in [0.2, 0.25) is 53.2 Å². The molecular weight excluding hydrogens is 1080 g/mol. The molecule has 0 bridgehead atoms. The second kappa shape index (κ2) is 31.6. The second-order valence-corrected chi connectivity index (χ2v) is 21.8. The molecule has 0 aromatic heterocycles. The molecule has 9 amide bonds. The number of rotatable bonds is 28. The van der Waals surface area contributed by atoms with Gasteiger partial charge in [0.15, 0.2) is 12.6 Å². The summed E-state index contributed by atoms with van der Waals surface area (Å²) in [6.45, 7) is 14.0. The number of amides is 9. The number of carbonyl (C=O) groups is 10. The molecule has 0 aliphatic carbocycles. The fourth-order valence-corrected chi connectivity index (χ4v) is 9.11. The van der Waals surface area contributed by atoms with Crippen molar-refractivity contribution in [3.63, 3.8) is 0 Å². The Morgan fingerprint density at radius 2 is 1.10 bits per heavy atom. The van der Waals surface area contributed by atoms with Crippen molar-refractivity contribution in [2.24, 2.45) is 29.4 Å². The van der Waals surface area contributed by atoms with E-state index in [0.717, 1.165) is 6.92 Å². The molecule has 3 aliphatic heterocycles. The number of hydrogen-bond donors (Lipinski definition) is 16. The van der Waals surface area contributed by atoms with Gasteiger partial charge in [0.05, 0.1) is 25.9 Å². The maximum atomic E-state index is 14.2. The summed E-state index contributed by atoms with van der Waals surface area (Å²) in [6, 6.07) is -10.2. The number of likely N-dealkylation sites (tertiary alicyclic amines) is 1. The SMILES string of the molecule is CC(=O)NC1[C@@H](OC(C)[C@H](N)C(=O)NC(C(=O)N2CCC[C@H]2C(=O)NC(C)C(=O)NCC(=O)NC(C(=O)N[C@H](C(=O)NC(C(=O)NCC(=O)O)C(C)C)C(C)C)C(C)C)C(C)C)OC(CO)[C@H](O)[C@@H]1O[C@@H]1OC(CO)[C@H](O)C(O)[C@@H]1O. The quantitative estimate of drug-likeness (QED) is 0.0346. The highest BCUT2D eigenvalue weighted by atomic mass is 16.7. The number of aliphatic hydroxyl groups is 6. The van der Waals surface area contributed by atoms with Crippen LogP contribution in [0.1, 0.15) is 89.0 Å². The first-order chi connectivity index (χ1) is 37.8. The van der Waals surface area contributed by atoms with E-state index in [1.165, 1.54) is 18.7 Å². The van der Waals surface area contributed by atoms with Gasteiger partial charge < -0.3 is 108 Å². The number of carbonyl (C=O) groups excluding carboxylic acids is 9. The number of aliphatic carboxylic acids is 1. The van der Waals surface area contributed by atoms with Crippen LogP contribution in [0.2, 0.25) is 0 Å². The maximum Gasteiger partial charge on any atom is 0.322 e. The Morgan fingerprint density at radius 3 is 1.62 bits per heavy atom. The van der Waals surface area contributed by atoms with Crippen molar-refractivity contribution in [3.05, 3.63) is 0 Å². The van der Waals surface area contributed by atoms with Crippen LogP contribution in [-0.2, 0) is 66.9 Å². The maximum absolute atomic E-state index is 14.2. The van der Waals surface area contributed by atoms with Gasteiger partial charge in [-0.15, -0.1) is 0 Å². The van der Waals surface area contributed by atoms with E-state index in [9.17, 15) is 78.6 Å².